The van der Waals surface area contributed by atoms with Gasteiger partial charge in [-0.3, -0.25) is 0 Å². The molecule has 2 heterocycles. The Morgan fingerprint density at radius 1 is 1.06 bits per heavy atom. The molecular weight excluding hydrogens is 210 g/mol. The van der Waals surface area contributed by atoms with E-state index >= 15 is 0 Å². The number of hydrogen-bond donors (Lipinski definition) is 0. The highest BCUT2D eigenvalue weighted by molar-refractivity contribution is 5.77. The Balaban J connectivity index is 0.000000686. The molecule has 2 rings (SSSR count). The molecule has 2 aromatic rings. The lowest BCUT2D eigenvalue weighted by molar-refractivity contribution is 0.774. The van der Waals surface area contributed by atoms with Crippen LogP contribution in [0.2, 0.25) is 0 Å². The number of fused-ring (bicyclic) bond motifs is 1. The van der Waals surface area contributed by atoms with Crippen LogP contribution in [0.15, 0.2) is 12.3 Å². The Labute approximate surface area is 103 Å². The van der Waals surface area contributed by atoms with Crippen molar-refractivity contribution in [3.05, 3.63) is 29.3 Å². The summed E-state index contributed by atoms with van der Waals surface area (Å²) in [7, 11) is 0. The molecule has 0 amide bonds. The second-order valence-corrected chi connectivity index (χ2v) is 4.21. The SMILES string of the molecule is CC.Cc1cnc2nc(C(C)C)nc(C)c2c1. The van der Waals surface area contributed by atoms with Crippen molar-refractivity contribution in [3.63, 3.8) is 0 Å². The highest BCUT2D eigenvalue weighted by Gasteiger charge is 2.08. The average Bonchev–Trinajstić information content (AvgIpc) is 2.32. The highest BCUT2D eigenvalue weighted by Crippen LogP contribution is 2.17. The molecule has 0 saturated carbocycles. The van der Waals surface area contributed by atoms with Gasteiger partial charge >= 0.3 is 0 Å². The van der Waals surface area contributed by atoms with Gasteiger partial charge in [0.2, 0.25) is 0 Å². The normalized spacial score (nSPS) is 10.3. The van der Waals surface area contributed by atoms with Gasteiger partial charge in [0, 0.05) is 17.5 Å². The van der Waals surface area contributed by atoms with Crippen molar-refractivity contribution in [3.8, 4) is 0 Å². The maximum atomic E-state index is 4.49. The van der Waals surface area contributed by atoms with Crippen LogP contribution in [0.3, 0.4) is 0 Å². The van der Waals surface area contributed by atoms with E-state index in [0.717, 1.165) is 28.1 Å². The molecule has 17 heavy (non-hydrogen) atoms. The molecule has 0 saturated heterocycles. The highest BCUT2D eigenvalue weighted by atomic mass is 14.9. The van der Waals surface area contributed by atoms with Crippen LogP contribution < -0.4 is 0 Å². The van der Waals surface area contributed by atoms with E-state index in [1.807, 2.05) is 33.9 Å². The van der Waals surface area contributed by atoms with Crippen molar-refractivity contribution < 1.29 is 0 Å². The fourth-order valence-electron chi connectivity index (χ4n) is 1.54. The molecule has 0 aliphatic rings. The molecular formula is C14H21N3. The zero-order valence-corrected chi connectivity index (χ0v) is 11.6. The van der Waals surface area contributed by atoms with Gasteiger partial charge in [-0.2, -0.15) is 0 Å². The summed E-state index contributed by atoms with van der Waals surface area (Å²) < 4.78 is 0. The van der Waals surface area contributed by atoms with E-state index < -0.39 is 0 Å². The van der Waals surface area contributed by atoms with Crippen molar-refractivity contribution in [2.24, 2.45) is 0 Å². The van der Waals surface area contributed by atoms with Crippen LogP contribution in [0, 0.1) is 13.8 Å². The summed E-state index contributed by atoms with van der Waals surface area (Å²) in [6.07, 6.45) is 1.85. The fraction of sp³-hybridized carbons (Fsp3) is 0.500. The van der Waals surface area contributed by atoms with Crippen molar-refractivity contribution in [1.82, 2.24) is 15.0 Å². The maximum Gasteiger partial charge on any atom is 0.163 e. The second-order valence-electron chi connectivity index (χ2n) is 4.21. The number of nitrogens with zero attached hydrogens (tertiary/aromatic N) is 3. The zero-order valence-electron chi connectivity index (χ0n) is 11.6. The van der Waals surface area contributed by atoms with Gasteiger partial charge in [0.15, 0.2) is 5.65 Å². The third kappa shape index (κ3) is 2.99. The molecule has 0 unspecified atom stereocenters. The Hall–Kier alpha value is -1.51. The third-order valence-electron chi connectivity index (χ3n) is 2.41. The molecule has 0 spiro atoms. The molecule has 0 radical (unpaired) electrons. The summed E-state index contributed by atoms with van der Waals surface area (Å²) >= 11 is 0. The molecule has 0 fully saturated rings. The van der Waals surface area contributed by atoms with Gasteiger partial charge in [0.25, 0.3) is 0 Å². The third-order valence-corrected chi connectivity index (χ3v) is 2.41. The number of pyridine rings is 1. The topological polar surface area (TPSA) is 38.7 Å². The molecule has 3 nitrogen and oxygen atoms in total. The predicted molar refractivity (Wildman–Crippen MR) is 72.2 cm³/mol. The maximum absolute atomic E-state index is 4.49. The van der Waals surface area contributed by atoms with Crippen LogP contribution in [-0.2, 0) is 0 Å². The molecule has 0 bridgehead atoms. The van der Waals surface area contributed by atoms with Gasteiger partial charge in [0.1, 0.15) is 5.82 Å². The Morgan fingerprint density at radius 2 is 1.71 bits per heavy atom. The summed E-state index contributed by atoms with van der Waals surface area (Å²) in [5.74, 6) is 1.22. The van der Waals surface area contributed by atoms with E-state index in [0.29, 0.717) is 5.92 Å². The van der Waals surface area contributed by atoms with E-state index in [1.165, 1.54) is 0 Å². The summed E-state index contributed by atoms with van der Waals surface area (Å²) in [6.45, 7) is 12.2. The van der Waals surface area contributed by atoms with Gasteiger partial charge in [-0.25, -0.2) is 15.0 Å². The average molecular weight is 231 g/mol. The molecule has 0 N–H and O–H groups in total. The Kier molecular flexibility index (Phi) is 4.55. The number of aromatic nitrogens is 3. The van der Waals surface area contributed by atoms with Gasteiger partial charge < -0.3 is 0 Å². The van der Waals surface area contributed by atoms with E-state index in [4.69, 9.17) is 0 Å². The van der Waals surface area contributed by atoms with E-state index in [9.17, 15) is 0 Å². The Bertz CT molecular complexity index is 504. The molecule has 0 atom stereocenters. The minimum Gasteiger partial charge on any atom is -0.237 e. The van der Waals surface area contributed by atoms with Gasteiger partial charge in [-0.15, -0.1) is 0 Å². The molecule has 0 aliphatic carbocycles. The predicted octanol–water partition coefficient (Wildman–Crippen LogP) is 3.79. The quantitative estimate of drug-likeness (QED) is 0.749. The standard InChI is InChI=1S/C12H15N3.C2H6/c1-7(2)11-14-9(4)10-5-8(3)6-13-12(10)15-11;1-2/h5-7H,1-4H3;1-2H3. The zero-order chi connectivity index (χ0) is 13.0. The van der Waals surface area contributed by atoms with Crippen molar-refractivity contribution in [2.45, 2.75) is 47.5 Å². The van der Waals surface area contributed by atoms with Crippen LogP contribution in [0.5, 0.6) is 0 Å². The van der Waals surface area contributed by atoms with Crippen LogP contribution >= 0.6 is 0 Å². The summed E-state index contributed by atoms with van der Waals surface area (Å²) in [6, 6.07) is 2.09. The second kappa shape index (κ2) is 5.71. The first kappa shape index (κ1) is 13.6. The van der Waals surface area contributed by atoms with Crippen LogP contribution in [0.4, 0.5) is 0 Å². The summed E-state index contributed by atoms with van der Waals surface area (Å²) in [5.41, 5.74) is 2.96. The van der Waals surface area contributed by atoms with Crippen molar-refractivity contribution >= 4 is 11.0 Å². The minimum atomic E-state index is 0.344. The molecule has 0 aromatic carbocycles. The van der Waals surface area contributed by atoms with E-state index in [-0.39, 0.29) is 0 Å². The van der Waals surface area contributed by atoms with Gasteiger partial charge in [-0.05, 0) is 25.5 Å². The first-order chi connectivity index (χ1) is 8.08. The first-order valence-electron chi connectivity index (χ1n) is 6.19. The summed E-state index contributed by atoms with van der Waals surface area (Å²) in [5, 5.41) is 1.06. The largest absolute Gasteiger partial charge is 0.237 e. The van der Waals surface area contributed by atoms with Crippen molar-refractivity contribution in [1.29, 1.82) is 0 Å². The lowest BCUT2D eigenvalue weighted by Crippen LogP contribution is -2.01. The monoisotopic (exact) mass is 231 g/mol. The molecule has 0 aliphatic heterocycles. The van der Waals surface area contributed by atoms with Gasteiger partial charge in [0.05, 0.1) is 5.69 Å². The van der Waals surface area contributed by atoms with Crippen LogP contribution in [0.1, 0.15) is 50.7 Å². The molecule has 92 valence electrons. The van der Waals surface area contributed by atoms with Crippen LogP contribution in [0.25, 0.3) is 11.0 Å². The lowest BCUT2D eigenvalue weighted by Gasteiger charge is -2.07. The van der Waals surface area contributed by atoms with Crippen LogP contribution in [-0.4, -0.2) is 15.0 Å². The molecule has 2 aromatic heterocycles. The smallest absolute Gasteiger partial charge is 0.163 e. The van der Waals surface area contributed by atoms with E-state index in [2.05, 4.69) is 34.9 Å². The Morgan fingerprint density at radius 3 is 2.29 bits per heavy atom. The number of hydrogen-bond acceptors (Lipinski definition) is 3. The van der Waals surface area contributed by atoms with E-state index in [1.54, 1.807) is 0 Å². The van der Waals surface area contributed by atoms with Crippen molar-refractivity contribution in [2.75, 3.05) is 0 Å². The lowest BCUT2D eigenvalue weighted by atomic mass is 10.1. The minimum absolute atomic E-state index is 0.344. The number of aryl methyl sites for hydroxylation is 2. The number of rotatable bonds is 1. The summed E-state index contributed by atoms with van der Waals surface area (Å²) in [4.78, 5) is 13.3. The first-order valence-corrected chi connectivity index (χ1v) is 6.19. The van der Waals surface area contributed by atoms with Gasteiger partial charge in [-0.1, -0.05) is 27.7 Å². The fourth-order valence-corrected chi connectivity index (χ4v) is 1.54. The molecule has 3 heteroatoms.